The third-order valence-corrected chi connectivity index (χ3v) is 4.75. The summed E-state index contributed by atoms with van der Waals surface area (Å²) in [7, 11) is 0. The molecule has 6 heteroatoms. The van der Waals surface area contributed by atoms with Gasteiger partial charge in [-0.2, -0.15) is 0 Å². The van der Waals surface area contributed by atoms with Gasteiger partial charge in [0.15, 0.2) is 0 Å². The highest BCUT2D eigenvalue weighted by atomic mass is 16.2. The van der Waals surface area contributed by atoms with E-state index < -0.39 is 5.54 Å². The van der Waals surface area contributed by atoms with Crippen molar-refractivity contribution in [1.82, 2.24) is 14.8 Å². The lowest BCUT2D eigenvalue weighted by Gasteiger charge is -2.44. The van der Waals surface area contributed by atoms with Crippen LogP contribution in [-0.4, -0.2) is 51.8 Å². The van der Waals surface area contributed by atoms with E-state index in [2.05, 4.69) is 4.98 Å². The van der Waals surface area contributed by atoms with Crippen molar-refractivity contribution in [3.63, 3.8) is 0 Å². The van der Waals surface area contributed by atoms with Crippen molar-refractivity contribution in [2.45, 2.75) is 37.8 Å². The molecule has 1 aromatic rings. The molecule has 22 heavy (non-hydrogen) atoms. The lowest BCUT2D eigenvalue weighted by Crippen LogP contribution is -2.60. The molecule has 1 aromatic heterocycles. The lowest BCUT2D eigenvalue weighted by atomic mass is 9.85. The Labute approximate surface area is 130 Å². The van der Waals surface area contributed by atoms with E-state index in [1.807, 2.05) is 28.0 Å². The standard InChI is InChI=1S/C16H22N4O2/c17-14(21)12-20-10-4-7-16(20)6-3-9-19(15(16)22)11-13-5-1-2-8-18-13/h1-2,5,8H,3-4,6-7,9-12H2,(H2,17,21). The number of piperidine rings is 1. The van der Waals surface area contributed by atoms with Gasteiger partial charge in [-0.25, -0.2) is 0 Å². The van der Waals surface area contributed by atoms with E-state index >= 15 is 0 Å². The number of hydrogen-bond donors (Lipinski definition) is 1. The van der Waals surface area contributed by atoms with Gasteiger partial charge in [0.25, 0.3) is 0 Å². The zero-order chi connectivity index (χ0) is 15.6. The zero-order valence-electron chi connectivity index (χ0n) is 12.7. The molecule has 3 rings (SSSR count). The van der Waals surface area contributed by atoms with Crippen molar-refractivity contribution in [1.29, 1.82) is 0 Å². The minimum atomic E-state index is -0.526. The number of aromatic nitrogens is 1. The maximum Gasteiger partial charge on any atom is 0.243 e. The molecule has 2 amide bonds. The van der Waals surface area contributed by atoms with Crippen molar-refractivity contribution in [2.24, 2.45) is 5.73 Å². The van der Waals surface area contributed by atoms with Crippen molar-refractivity contribution in [3.05, 3.63) is 30.1 Å². The van der Waals surface area contributed by atoms with E-state index in [1.54, 1.807) is 6.20 Å². The topological polar surface area (TPSA) is 79.5 Å². The number of primary amides is 1. The average Bonchev–Trinajstić information content (AvgIpc) is 2.88. The molecule has 0 aromatic carbocycles. The molecule has 0 bridgehead atoms. The molecular weight excluding hydrogens is 280 g/mol. The van der Waals surface area contributed by atoms with Gasteiger partial charge < -0.3 is 10.6 Å². The highest BCUT2D eigenvalue weighted by molar-refractivity contribution is 5.88. The minimum Gasteiger partial charge on any atom is -0.369 e. The number of hydrogen-bond acceptors (Lipinski definition) is 4. The van der Waals surface area contributed by atoms with Gasteiger partial charge in [0.1, 0.15) is 5.54 Å². The molecule has 0 saturated carbocycles. The SMILES string of the molecule is NC(=O)CN1CCCC12CCCN(Cc1ccccn1)C2=O. The van der Waals surface area contributed by atoms with E-state index in [0.29, 0.717) is 6.54 Å². The predicted octanol–water partition coefficient (Wildman–Crippen LogP) is 0.524. The molecule has 0 radical (unpaired) electrons. The molecule has 1 spiro atoms. The molecule has 2 N–H and O–H groups in total. The first-order valence-corrected chi connectivity index (χ1v) is 7.84. The fourth-order valence-electron chi connectivity index (χ4n) is 3.78. The minimum absolute atomic E-state index is 0.128. The van der Waals surface area contributed by atoms with Crippen LogP contribution in [0.1, 0.15) is 31.4 Å². The molecule has 118 valence electrons. The fraction of sp³-hybridized carbons (Fsp3) is 0.562. The maximum atomic E-state index is 13.1. The van der Waals surface area contributed by atoms with Crippen LogP contribution in [0.3, 0.4) is 0 Å². The summed E-state index contributed by atoms with van der Waals surface area (Å²) in [6.45, 7) is 2.22. The Morgan fingerprint density at radius 3 is 2.73 bits per heavy atom. The van der Waals surface area contributed by atoms with Crippen LogP contribution in [0.25, 0.3) is 0 Å². The van der Waals surface area contributed by atoms with Crippen LogP contribution in [0.4, 0.5) is 0 Å². The summed E-state index contributed by atoms with van der Waals surface area (Å²) in [5, 5.41) is 0. The highest BCUT2D eigenvalue weighted by Crippen LogP contribution is 2.38. The van der Waals surface area contributed by atoms with Crippen molar-refractivity contribution < 1.29 is 9.59 Å². The lowest BCUT2D eigenvalue weighted by molar-refractivity contribution is -0.148. The number of pyridine rings is 1. The summed E-state index contributed by atoms with van der Waals surface area (Å²) in [6.07, 6.45) is 5.27. The van der Waals surface area contributed by atoms with Crippen LogP contribution in [0.15, 0.2) is 24.4 Å². The monoisotopic (exact) mass is 302 g/mol. The number of nitrogens with two attached hydrogens (primary N) is 1. The number of likely N-dealkylation sites (tertiary alicyclic amines) is 2. The van der Waals surface area contributed by atoms with Gasteiger partial charge in [-0.15, -0.1) is 0 Å². The van der Waals surface area contributed by atoms with Gasteiger partial charge in [0.2, 0.25) is 11.8 Å². The fourth-order valence-corrected chi connectivity index (χ4v) is 3.78. The van der Waals surface area contributed by atoms with Crippen LogP contribution >= 0.6 is 0 Å². The molecule has 2 saturated heterocycles. The molecule has 0 aliphatic carbocycles. The Morgan fingerprint density at radius 2 is 2.05 bits per heavy atom. The van der Waals surface area contributed by atoms with Gasteiger partial charge in [-0.3, -0.25) is 19.5 Å². The largest absolute Gasteiger partial charge is 0.369 e. The van der Waals surface area contributed by atoms with Crippen molar-refractivity contribution in [3.8, 4) is 0 Å². The number of carbonyl (C=O) groups excluding carboxylic acids is 2. The van der Waals surface area contributed by atoms with Crippen LogP contribution in [0.2, 0.25) is 0 Å². The van der Waals surface area contributed by atoms with Gasteiger partial charge in [-0.1, -0.05) is 6.07 Å². The van der Waals surface area contributed by atoms with E-state index in [-0.39, 0.29) is 18.4 Å². The summed E-state index contributed by atoms with van der Waals surface area (Å²) in [5.41, 5.74) is 5.72. The summed E-state index contributed by atoms with van der Waals surface area (Å²) < 4.78 is 0. The average molecular weight is 302 g/mol. The van der Waals surface area contributed by atoms with Gasteiger partial charge in [-0.05, 0) is 44.4 Å². The Morgan fingerprint density at radius 1 is 1.27 bits per heavy atom. The highest BCUT2D eigenvalue weighted by Gasteiger charge is 2.50. The number of nitrogens with zero attached hydrogens (tertiary/aromatic N) is 3. The first-order chi connectivity index (χ1) is 10.6. The van der Waals surface area contributed by atoms with Crippen LogP contribution in [-0.2, 0) is 16.1 Å². The van der Waals surface area contributed by atoms with Crippen LogP contribution in [0.5, 0.6) is 0 Å². The van der Waals surface area contributed by atoms with Crippen molar-refractivity contribution >= 4 is 11.8 Å². The first-order valence-electron chi connectivity index (χ1n) is 7.84. The number of rotatable bonds is 4. The molecule has 2 aliphatic rings. The van der Waals surface area contributed by atoms with Crippen molar-refractivity contribution in [2.75, 3.05) is 19.6 Å². The Bertz CT molecular complexity index is 563. The smallest absolute Gasteiger partial charge is 0.243 e. The summed E-state index contributed by atoms with van der Waals surface area (Å²) >= 11 is 0. The summed E-state index contributed by atoms with van der Waals surface area (Å²) in [4.78, 5) is 32.5. The number of carbonyl (C=O) groups is 2. The zero-order valence-corrected chi connectivity index (χ0v) is 12.7. The quantitative estimate of drug-likeness (QED) is 0.879. The van der Waals surface area contributed by atoms with E-state index in [1.165, 1.54) is 0 Å². The Kier molecular flexibility index (Phi) is 4.11. The summed E-state index contributed by atoms with van der Waals surface area (Å²) in [6, 6.07) is 5.74. The second kappa shape index (κ2) is 6.04. The maximum absolute atomic E-state index is 13.1. The normalized spacial score (nSPS) is 25.8. The van der Waals surface area contributed by atoms with Gasteiger partial charge >= 0.3 is 0 Å². The predicted molar refractivity (Wildman–Crippen MR) is 81.6 cm³/mol. The molecule has 2 aliphatic heterocycles. The second-order valence-electron chi connectivity index (χ2n) is 6.17. The molecular formula is C16H22N4O2. The Balaban J connectivity index is 1.78. The molecule has 1 unspecified atom stereocenters. The molecule has 1 atom stereocenters. The van der Waals surface area contributed by atoms with E-state index in [9.17, 15) is 9.59 Å². The second-order valence-corrected chi connectivity index (χ2v) is 6.17. The Hall–Kier alpha value is -1.95. The van der Waals surface area contributed by atoms with Crippen LogP contribution in [0, 0.1) is 0 Å². The molecule has 3 heterocycles. The van der Waals surface area contributed by atoms with Crippen LogP contribution < -0.4 is 5.73 Å². The third kappa shape index (κ3) is 2.70. The van der Waals surface area contributed by atoms with Gasteiger partial charge in [0, 0.05) is 12.7 Å². The van der Waals surface area contributed by atoms with E-state index in [0.717, 1.165) is 44.5 Å². The third-order valence-electron chi connectivity index (χ3n) is 4.75. The number of amides is 2. The molecule has 2 fully saturated rings. The van der Waals surface area contributed by atoms with Gasteiger partial charge in [0.05, 0.1) is 18.8 Å². The van der Waals surface area contributed by atoms with E-state index in [4.69, 9.17) is 5.73 Å². The first kappa shape index (κ1) is 15.0. The molecule has 6 nitrogen and oxygen atoms in total. The summed E-state index contributed by atoms with van der Waals surface area (Å²) in [5.74, 6) is -0.237.